The zero-order valence-electron chi connectivity index (χ0n) is 12.1. The van der Waals surface area contributed by atoms with Crippen molar-refractivity contribution in [3.05, 3.63) is 52.7 Å². The fraction of sp³-hybridized carbons (Fsp3) is 0.125. The smallest absolute Gasteiger partial charge is 0.263 e. The van der Waals surface area contributed by atoms with Crippen LogP contribution in [0.15, 0.2) is 41.4 Å². The molecule has 112 valence electrons. The van der Waals surface area contributed by atoms with E-state index in [-0.39, 0.29) is 5.91 Å². The van der Waals surface area contributed by atoms with Gasteiger partial charge in [0, 0.05) is 17.6 Å². The number of nitrogens with zero attached hydrogens (tertiary/aromatic N) is 1. The highest BCUT2D eigenvalue weighted by Gasteiger charge is 2.22. The van der Waals surface area contributed by atoms with Gasteiger partial charge in [-0.15, -0.1) is 0 Å². The first-order chi connectivity index (χ1) is 10.6. The van der Waals surface area contributed by atoms with Crippen LogP contribution in [0.5, 0.6) is 5.75 Å². The Hall–Kier alpha value is -2.05. The molecule has 0 spiro atoms. The van der Waals surface area contributed by atoms with Gasteiger partial charge in [0.05, 0.1) is 12.0 Å². The summed E-state index contributed by atoms with van der Waals surface area (Å²) in [5.74, 6) is 0.688. The number of benzene rings is 1. The molecule has 22 heavy (non-hydrogen) atoms. The van der Waals surface area contributed by atoms with Gasteiger partial charge >= 0.3 is 0 Å². The number of ether oxygens (including phenoxy) is 1. The van der Waals surface area contributed by atoms with E-state index in [4.69, 9.17) is 17.0 Å². The summed E-state index contributed by atoms with van der Waals surface area (Å²) in [6, 6.07) is 9.87. The Morgan fingerprint density at radius 3 is 2.64 bits per heavy atom. The van der Waals surface area contributed by atoms with Crippen molar-refractivity contribution in [1.82, 2.24) is 9.88 Å². The van der Waals surface area contributed by atoms with Gasteiger partial charge in [-0.25, -0.2) is 0 Å². The number of thiocarbonyl (C=S) groups is 1. The quantitative estimate of drug-likeness (QED) is 0.693. The molecule has 0 saturated carbocycles. The Kier molecular flexibility index (Phi) is 4.04. The molecule has 6 heteroatoms. The Morgan fingerprint density at radius 2 is 2.05 bits per heavy atom. The summed E-state index contributed by atoms with van der Waals surface area (Å²) in [5, 5.41) is 2.62. The van der Waals surface area contributed by atoms with E-state index in [0.717, 1.165) is 22.7 Å². The summed E-state index contributed by atoms with van der Waals surface area (Å²) in [7, 11) is 1.65. The van der Waals surface area contributed by atoms with Crippen LogP contribution in [0.3, 0.4) is 0 Å². The summed E-state index contributed by atoms with van der Waals surface area (Å²) in [6.45, 7) is 2.03. The fourth-order valence-corrected chi connectivity index (χ4v) is 3.32. The predicted octanol–water partition coefficient (Wildman–Crippen LogP) is 3.28. The molecule has 1 saturated heterocycles. The van der Waals surface area contributed by atoms with Crippen LogP contribution in [0.4, 0.5) is 0 Å². The second-order valence-electron chi connectivity index (χ2n) is 4.84. The maximum Gasteiger partial charge on any atom is 0.263 e. The summed E-state index contributed by atoms with van der Waals surface area (Å²) < 4.78 is 7.75. The number of amides is 1. The summed E-state index contributed by atoms with van der Waals surface area (Å²) >= 11 is 6.28. The van der Waals surface area contributed by atoms with E-state index in [2.05, 4.69) is 9.88 Å². The zero-order chi connectivity index (χ0) is 15.7. The van der Waals surface area contributed by atoms with Gasteiger partial charge in [-0.2, -0.15) is 0 Å². The molecule has 1 aromatic carbocycles. The number of nitrogens with one attached hydrogen (secondary N) is 1. The number of aromatic nitrogens is 1. The lowest BCUT2D eigenvalue weighted by molar-refractivity contribution is -0.115. The molecule has 0 atom stereocenters. The number of rotatable bonds is 3. The van der Waals surface area contributed by atoms with Gasteiger partial charge in [0.2, 0.25) is 0 Å². The van der Waals surface area contributed by atoms with Crippen molar-refractivity contribution in [2.75, 3.05) is 7.11 Å². The minimum absolute atomic E-state index is 0.134. The Bertz CT molecular complexity index is 776. The molecule has 1 aliphatic heterocycles. The third kappa shape index (κ3) is 2.93. The van der Waals surface area contributed by atoms with E-state index in [1.807, 2.05) is 49.5 Å². The van der Waals surface area contributed by atoms with Crippen LogP contribution in [0.25, 0.3) is 11.8 Å². The largest absolute Gasteiger partial charge is 0.497 e. The number of aryl methyl sites for hydroxylation is 1. The van der Waals surface area contributed by atoms with Crippen molar-refractivity contribution in [2.45, 2.75) is 6.92 Å². The second kappa shape index (κ2) is 5.98. The Labute approximate surface area is 138 Å². The number of hydrogen-bond donors (Lipinski definition) is 1. The van der Waals surface area contributed by atoms with Gasteiger partial charge in [0.1, 0.15) is 10.1 Å². The average molecular weight is 330 g/mol. The van der Waals surface area contributed by atoms with Crippen molar-refractivity contribution in [3.8, 4) is 11.4 Å². The van der Waals surface area contributed by atoms with Gasteiger partial charge < -0.3 is 14.6 Å². The monoisotopic (exact) mass is 330 g/mol. The van der Waals surface area contributed by atoms with E-state index in [9.17, 15) is 4.79 Å². The average Bonchev–Trinajstić information content (AvgIpc) is 3.02. The van der Waals surface area contributed by atoms with Crippen LogP contribution < -0.4 is 10.1 Å². The van der Waals surface area contributed by atoms with Crippen molar-refractivity contribution < 1.29 is 9.53 Å². The van der Waals surface area contributed by atoms with Gasteiger partial charge in [-0.3, -0.25) is 4.79 Å². The molecule has 1 amide bonds. The highest BCUT2D eigenvalue weighted by molar-refractivity contribution is 8.26. The standard InChI is InChI=1S/C16H14N2O2S2/c1-10-7-11(8-14-15(19)17-16(21)22-14)9-18(10)12-3-5-13(20-2)6-4-12/h3-9H,1-2H3,(H,17,19,21)/b14-8-. The minimum Gasteiger partial charge on any atom is -0.497 e. The molecule has 0 aliphatic carbocycles. The summed E-state index contributed by atoms with van der Waals surface area (Å²) in [5.41, 5.74) is 3.10. The summed E-state index contributed by atoms with van der Waals surface area (Å²) in [4.78, 5) is 12.3. The second-order valence-corrected chi connectivity index (χ2v) is 6.55. The first kappa shape index (κ1) is 14.9. The van der Waals surface area contributed by atoms with Crippen LogP contribution in [-0.4, -0.2) is 21.9 Å². The van der Waals surface area contributed by atoms with Crippen molar-refractivity contribution >= 4 is 40.3 Å². The third-order valence-corrected chi connectivity index (χ3v) is 4.49. The molecule has 2 heterocycles. The number of thioether (sulfide) groups is 1. The molecule has 0 bridgehead atoms. The first-order valence-corrected chi connectivity index (χ1v) is 7.87. The molecule has 4 nitrogen and oxygen atoms in total. The molecule has 1 fully saturated rings. The van der Waals surface area contributed by atoms with Gasteiger partial charge in [-0.1, -0.05) is 24.0 Å². The van der Waals surface area contributed by atoms with E-state index in [1.165, 1.54) is 11.8 Å². The van der Waals surface area contributed by atoms with E-state index >= 15 is 0 Å². The van der Waals surface area contributed by atoms with Crippen molar-refractivity contribution in [3.63, 3.8) is 0 Å². The highest BCUT2D eigenvalue weighted by atomic mass is 32.2. The third-order valence-electron chi connectivity index (χ3n) is 3.32. The minimum atomic E-state index is -0.134. The predicted molar refractivity (Wildman–Crippen MR) is 93.4 cm³/mol. The molecule has 0 radical (unpaired) electrons. The Balaban J connectivity index is 1.92. The van der Waals surface area contributed by atoms with Crippen molar-refractivity contribution in [1.29, 1.82) is 0 Å². The zero-order valence-corrected chi connectivity index (χ0v) is 13.8. The molecular weight excluding hydrogens is 316 g/mol. The van der Waals surface area contributed by atoms with Crippen LogP contribution in [0.1, 0.15) is 11.3 Å². The number of methoxy groups -OCH3 is 1. The van der Waals surface area contributed by atoms with Gasteiger partial charge in [-0.05, 0) is 48.9 Å². The van der Waals surface area contributed by atoms with Crippen LogP contribution in [0.2, 0.25) is 0 Å². The summed E-state index contributed by atoms with van der Waals surface area (Å²) in [6.07, 6.45) is 3.85. The lowest BCUT2D eigenvalue weighted by atomic mass is 10.3. The SMILES string of the molecule is COc1ccc(-n2cc(/C=C3\SC(=S)NC3=O)cc2C)cc1. The Morgan fingerprint density at radius 1 is 1.32 bits per heavy atom. The van der Waals surface area contributed by atoms with E-state index < -0.39 is 0 Å². The normalized spacial score (nSPS) is 16.2. The van der Waals surface area contributed by atoms with Crippen LogP contribution in [-0.2, 0) is 4.79 Å². The number of hydrogen-bond acceptors (Lipinski definition) is 4. The number of carbonyl (C=O) groups excluding carboxylic acids is 1. The van der Waals surface area contributed by atoms with Crippen LogP contribution in [0, 0.1) is 6.92 Å². The maximum atomic E-state index is 11.7. The van der Waals surface area contributed by atoms with E-state index in [0.29, 0.717) is 9.23 Å². The maximum absolute atomic E-state index is 11.7. The van der Waals surface area contributed by atoms with Gasteiger partial charge in [0.25, 0.3) is 5.91 Å². The topological polar surface area (TPSA) is 43.3 Å². The number of carbonyl (C=O) groups is 1. The lowest BCUT2D eigenvalue weighted by Gasteiger charge is -2.06. The molecule has 1 aliphatic rings. The molecule has 0 unspecified atom stereocenters. The molecule has 2 aromatic rings. The van der Waals surface area contributed by atoms with Gasteiger partial charge in [0.15, 0.2) is 0 Å². The molecule has 1 aromatic heterocycles. The van der Waals surface area contributed by atoms with Crippen LogP contribution >= 0.6 is 24.0 Å². The molecular formula is C16H14N2O2S2. The van der Waals surface area contributed by atoms with Crippen molar-refractivity contribution in [2.24, 2.45) is 0 Å². The highest BCUT2D eigenvalue weighted by Crippen LogP contribution is 2.27. The lowest BCUT2D eigenvalue weighted by Crippen LogP contribution is -2.17. The molecule has 1 N–H and O–H groups in total. The van der Waals surface area contributed by atoms with E-state index in [1.54, 1.807) is 7.11 Å². The first-order valence-electron chi connectivity index (χ1n) is 6.65. The fourth-order valence-electron chi connectivity index (χ4n) is 2.27. The molecule has 3 rings (SSSR count).